The standard InChI is InChI=1S/C28H41N3O6SSi/c1-28(2,3)39(5,6)37-23-10-11-25-24(18-23)27(30-31(25)26-9-7-8-13-35-26)22-17-21(19-29-20-22)12-14-34-15-16-36-38(4,32)33/h10-11,17-20,26H,7-9,12-16H2,1-6H3. The molecular formula is C28H41N3O6SSi. The van der Waals surface area contributed by atoms with Gasteiger partial charge >= 0.3 is 0 Å². The molecule has 0 bridgehead atoms. The number of hydrogen-bond donors (Lipinski definition) is 0. The van der Waals surface area contributed by atoms with Gasteiger partial charge in [-0.2, -0.15) is 13.5 Å². The largest absolute Gasteiger partial charge is 0.543 e. The molecule has 0 amide bonds. The zero-order valence-corrected chi connectivity index (χ0v) is 25.7. The molecule has 1 aromatic carbocycles. The van der Waals surface area contributed by atoms with Gasteiger partial charge in [0, 0.05) is 30.0 Å². The summed E-state index contributed by atoms with van der Waals surface area (Å²) >= 11 is 0. The summed E-state index contributed by atoms with van der Waals surface area (Å²) in [5.41, 5.74) is 3.77. The predicted molar refractivity (Wildman–Crippen MR) is 155 cm³/mol. The van der Waals surface area contributed by atoms with E-state index in [9.17, 15) is 8.42 Å². The summed E-state index contributed by atoms with van der Waals surface area (Å²) in [5.74, 6) is 0.855. The highest BCUT2D eigenvalue weighted by Gasteiger charge is 2.39. The van der Waals surface area contributed by atoms with Crippen LogP contribution in [-0.4, -0.2) is 64.2 Å². The lowest BCUT2D eigenvalue weighted by Gasteiger charge is -2.36. The number of ether oxygens (including phenoxy) is 2. The van der Waals surface area contributed by atoms with Crippen LogP contribution in [0, 0.1) is 0 Å². The van der Waals surface area contributed by atoms with Gasteiger partial charge in [-0.15, -0.1) is 0 Å². The summed E-state index contributed by atoms with van der Waals surface area (Å²) in [4.78, 5) is 4.49. The van der Waals surface area contributed by atoms with E-state index in [1.807, 2.05) is 23.1 Å². The summed E-state index contributed by atoms with van der Waals surface area (Å²) < 4.78 is 47.2. The Morgan fingerprint density at radius 1 is 1.10 bits per heavy atom. The summed E-state index contributed by atoms with van der Waals surface area (Å²) in [5, 5.41) is 6.15. The Labute approximate surface area is 233 Å². The van der Waals surface area contributed by atoms with Gasteiger partial charge in [-0.1, -0.05) is 20.8 Å². The summed E-state index contributed by atoms with van der Waals surface area (Å²) in [6.45, 7) is 12.6. The van der Waals surface area contributed by atoms with Gasteiger partial charge in [-0.25, -0.2) is 4.68 Å². The third kappa shape index (κ3) is 7.67. The lowest BCUT2D eigenvalue weighted by atomic mass is 10.1. The molecule has 0 N–H and O–H groups in total. The van der Waals surface area contributed by atoms with Crippen LogP contribution < -0.4 is 4.43 Å². The molecule has 39 heavy (non-hydrogen) atoms. The molecule has 4 rings (SSSR count). The van der Waals surface area contributed by atoms with E-state index in [0.29, 0.717) is 13.0 Å². The second-order valence-electron chi connectivity index (χ2n) is 11.6. The highest BCUT2D eigenvalue weighted by molar-refractivity contribution is 7.85. The van der Waals surface area contributed by atoms with E-state index < -0.39 is 18.4 Å². The maximum atomic E-state index is 11.1. The third-order valence-electron chi connectivity index (χ3n) is 7.41. The monoisotopic (exact) mass is 575 g/mol. The molecule has 1 atom stereocenters. The average Bonchev–Trinajstić information content (AvgIpc) is 3.24. The molecule has 1 fully saturated rings. The van der Waals surface area contributed by atoms with Gasteiger partial charge in [0.25, 0.3) is 10.1 Å². The molecule has 1 aliphatic heterocycles. The summed E-state index contributed by atoms with van der Waals surface area (Å²) in [6.07, 6.45) is 8.32. The maximum absolute atomic E-state index is 11.1. The first-order chi connectivity index (χ1) is 18.3. The van der Waals surface area contributed by atoms with Crippen LogP contribution in [0.1, 0.15) is 51.8 Å². The lowest BCUT2D eigenvalue weighted by molar-refractivity contribution is -0.0365. The van der Waals surface area contributed by atoms with Crippen LogP contribution in [0.25, 0.3) is 22.2 Å². The Bertz CT molecular complexity index is 1380. The molecule has 0 spiro atoms. The number of pyridine rings is 1. The van der Waals surface area contributed by atoms with Crippen molar-refractivity contribution in [3.8, 4) is 17.0 Å². The van der Waals surface area contributed by atoms with Crippen molar-refractivity contribution in [1.82, 2.24) is 14.8 Å². The number of nitrogens with zero attached hydrogens (tertiary/aromatic N) is 3. The number of benzene rings is 1. The topological polar surface area (TPSA) is 102 Å². The first-order valence-corrected chi connectivity index (χ1v) is 18.3. The Hall–Kier alpha value is -2.31. The quantitative estimate of drug-likeness (QED) is 0.163. The Kier molecular flexibility index (Phi) is 9.17. The fourth-order valence-corrected chi connectivity index (χ4v) is 5.66. The van der Waals surface area contributed by atoms with Crippen LogP contribution in [0.2, 0.25) is 18.1 Å². The van der Waals surface area contributed by atoms with Gasteiger partial charge < -0.3 is 13.9 Å². The van der Waals surface area contributed by atoms with E-state index >= 15 is 0 Å². The molecule has 1 unspecified atom stereocenters. The highest BCUT2D eigenvalue weighted by Crippen LogP contribution is 2.39. The van der Waals surface area contributed by atoms with Crippen molar-refractivity contribution in [2.45, 2.75) is 70.8 Å². The smallest absolute Gasteiger partial charge is 0.264 e. The SMILES string of the molecule is CC(C)(C)[Si](C)(C)Oc1ccc2c(c1)c(-c1cncc(CCOCCOS(C)(=O)=O)c1)nn2C1CCCCO1. The first kappa shape index (κ1) is 29.7. The van der Waals surface area contributed by atoms with Crippen molar-refractivity contribution < 1.29 is 26.5 Å². The van der Waals surface area contributed by atoms with Crippen LogP contribution in [0.5, 0.6) is 5.75 Å². The molecule has 1 aliphatic rings. The summed E-state index contributed by atoms with van der Waals surface area (Å²) in [7, 11) is -5.48. The van der Waals surface area contributed by atoms with Gasteiger partial charge in [0.15, 0.2) is 6.23 Å². The number of fused-ring (bicyclic) bond motifs is 1. The average molecular weight is 576 g/mol. The van der Waals surface area contributed by atoms with Crippen LogP contribution in [0.3, 0.4) is 0 Å². The summed E-state index contributed by atoms with van der Waals surface area (Å²) in [6, 6.07) is 8.33. The van der Waals surface area contributed by atoms with Gasteiger partial charge in [0.1, 0.15) is 11.4 Å². The molecule has 0 aliphatic carbocycles. The van der Waals surface area contributed by atoms with E-state index in [-0.39, 0.29) is 24.5 Å². The van der Waals surface area contributed by atoms with Crippen LogP contribution in [0.15, 0.2) is 36.7 Å². The van der Waals surface area contributed by atoms with Crippen molar-refractivity contribution in [3.63, 3.8) is 0 Å². The lowest BCUT2D eigenvalue weighted by Crippen LogP contribution is -2.43. The zero-order chi connectivity index (χ0) is 28.3. The van der Waals surface area contributed by atoms with Gasteiger partial charge in [0.05, 0.1) is 31.6 Å². The van der Waals surface area contributed by atoms with E-state index in [4.69, 9.17) is 23.2 Å². The van der Waals surface area contributed by atoms with Crippen molar-refractivity contribution >= 4 is 29.3 Å². The van der Waals surface area contributed by atoms with Gasteiger partial charge in [-0.05, 0) is 73.6 Å². The highest BCUT2D eigenvalue weighted by atomic mass is 32.2. The third-order valence-corrected chi connectivity index (χ3v) is 12.4. The number of aromatic nitrogens is 3. The molecule has 1 saturated heterocycles. The van der Waals surface area contributed by atoms with Crippen LogP contribution >= 0.6 is 0 Å². The molecule has 9 nitrogen and oxygen atoms in total. The molecule has 11 heteroatoms. The van der Waals surface area contributed by atoms with Crippen LogP contribution in [0.4, 0.5) is 0 Å². The predicted octanol–water partition coefficient (Wildman–Crippen LogP) is 5.72. The second-order valence-corrected chi connectivity index (χ2v) is 18.0. The number of hydrogen-bond acceptors (Lipinski definition) is 8. The molecular weight excluding hydrogens is 534 g/mol. The van der Waals surface area contributed by atoms with Gasteiger partial charge in [0.2, 0.25) is 8.32 Å². The first-order valence-electron chi connectivity index (χ1n) is 13.5. The minimum absolute atomic E-state index is 0.00304. The fourth-order valence-electron chi connectivity index (χ4n) is 4.27. The zero-order valence-electron chi connectivity index (χ0n) is 23.9. The van der Waals surface area contributed by atoms with E-state index in [1.165, 1.54) is 0 Å². The van der Waals surface area contributed by atoms with Crippen molar-refractivity contribution in [3.05, 3.63) is 42.2 Å². The van der Waals surface area contributed by atoms with E-state index in [2.05, 4.69) is 57.0 Å². The van der Waals surface area contributed by atoms with Crippen molar-refractivity contribution in [2.24, 2.45) is 0 Å². The Morgan fingerprint density at radius 2 is 1.90 bits per heavy atom. The van der Waals surface area contributed by atoms with Crippen LogP contribution in [-0.2, 0) is 30.2 Å². The Balaban J connectivity index is 1.61. The molecule has 0 saturated carbocycles. The van der Waals surface area contributed by atoms with Gasteiger partial charge in [-0.3, -0.25) is 9.17 Å². The van der Waals surface area contributed by atoms with E-state index in [0.717, 1.165) is 65.6 Å². The van der Waals surface area contributed by atoms with E-state index in [1.54, 1.807) is 0 Å². The molecule has 3 heterocycles. The minimum atomic E-state index is -3.46. The molecule has 3 aromatic rings. The maximum Gasteiger partial charge on any atom is 0.264 e. The van der Waals surface area contributed by atoms with Crippen molar-refractivity contribution in [1.29, 1.82) is 0 Å². The van der Waals surface area contributed by atoms with Crippen molar-refractivity contribution in [2.75, 3.05) is 32.7 Å². The Morgan fingerprint density at radius 3 is 2.59 bits per heavy atom. The second kappa shape index (κ2) is 12.1. The fraction of sp³-hybridized carbons (Fsp3) is 0.571. The minimum Gasteiger partial charge on any atom is -0.543 e. The number of rotatable bonds is 11. The normalized spacial score (nSPS) is 17.0. The molecule has 0 radical (unpaired) electrons. The molecule has 2 aromatic heterocycles. The molecule has 214 valence electrons.